The zero-order valence-electron chi connectivity index (χ0n) is 23.4. The van der Waals surface area contributed by atoms with E-state index in [2.05, 4.69) is 0 Å². The number of hydrogen-bond acceptors (Lipinski definition) is 9. The van der Waals surface area contributed by atoms with Crippen LogP contribution in [0.1, 0.15) is 52.7 Å². The lowest BCUT2D eigenvalue weighted by molar-refractivity contribution is -0.385. The van der Waals surface area contributed by atoms with Gasteiger partial charge in [0, 0.05) is 17.8 Å². The van der Waals surface area contributed by atoms with Crippen LogP contribution in [0.5, 0.6) is 11.5 Å². The minimum absolute atomic E-state index is 0.0639. The van der Waals surface area contributed by atoms with Crippen LogP contribution < -0.4 is 15.2 Å². The van der Waals surface area contributed by atoms with Crippen LogP contribution in [0.15, 0.2) is 36.4 Å². The second kappa shape index (κ2) is 13.6. The molecule has 0 unspecified atom stereocenters. The molecular weight excluding hydrogens is 582 g/mol. The largest absolute Gasteiger partial charge is 0.476 e. The van der Waals surface area contributed by atoms with Gasteiger partial charge in [-0.2, -0.15) is 26.3 Å². The average Bonchev–Trinajstić information content (AvgIpc) is 2.82. The normalized spacial score (nSPS) is 12.0. The fraction of sp³-hybridized carbons (Fsp3) is 0.462. The van der Waals surface area contributed by atoms with Gasteiger partial charge in [-0.15, -0.1) is 0 Å². The van der Waals surface area contributed by atoms with E-state index in [1.165, 1.54) is 33.8 Å². The molecule has 2 rings (SSSR count). The molecule has 0 atom stereocenters. The number of halogens is 6. The predicted octanol–water partition coefficient (Wildman–Crippen LogP) is 6.34. The number of nitrogen functional groups attached to an aromatic ring is 1. The molecule has 0 saturated heterocycles. The molecule has 2 aromatic rings. The number of benzene rings is 2. The van der Waals surface area contributed by atoms with E-state index in [-0.39, 0.29) is 24.7 Å². The lowest BCUT2D eigenvalue weighted by Gasteiger charge is -2.24. The SMILES string of the molecule is CCOC(=O)C(C)(C)Oc1cc(N)cc(C(F)(F)F)c1.CCOC(=O)C(C)(C)Oc1cc([N+](=O)[O-])cc(C(F)(F)F)c1. The Balaban J connectivity index is 0.000000422. The number of ether oxygens (including phenoxy) is 4. The fourth-order valence-corrected chi connectivity index (χ4v) is 3.04. The molecule has 234 valence electrons. The fourth-order valence-electron chi connectivity index (χ4n) is 3.04. The number of alkyl halides is 6. The Morgan fingerprint density at radius 3 is 1.48 bits per heavy atom. The molecule has 0 radical (unpaired) electrons. The van der Waals surface area contributed by atoms with Gasteiger partial charge in [-0.3, -0.25) is 10.1 Å². The predicted molar refractivity (Wildman–Crippen MR) is 137 cm³/mol. The Morgan fingerprint density at radius 1 is 0.738 bits per heavy atom. The van der Waals surface area contributed by atoms with Crippen molar-refractivity contribution in [1.82, 2.24) is 0 Å². The molecule has 0 bridgehead atoms. The molecule has 0 heterocycles. The van der Waals surface area contributed by atoms with E-state index < -0.39 is 63.0 Å². The first-order valence-corrected chi connectivity index (χ1v) is 12.1. The van der Waals surface area contributed by atoms with E-state index in [9.17, 15) is 46.0 Å². The summed E-state index contributed by atoms with van der Waals surface area (Å²) in [7, 11) is 0. The van der Waals surface area contributed by atoms with Crippen molar-refractivity contribution in [3.63, 3.8) is 0 Å². The second-order valence-corrected chi connectivity index (χ2v) is 9.42. The quantitative estimate of drug-likeness (QED) is 0.113. The molecule has 0 aliphatic heterocycles. The van der Waals surface area contributed by atoms with Crippen molar-refractivity contribution in [2.45, 2.75) is 65.1 Å². The number of nitro benzene ring substituents is 1. The number of carbonyl (C=O) groups excluding carboxylic acids is 2. The highest BCUT2D eigenvalue weighted by Crippen LogP contribution is 2.36. The Bertz CT molecular complexity index is 1280. The lowest BCUT2D eigenvalue weighted by Crippen LogP contribution is -2.39. The number of non-ortho nitro benzene ring substituents is 1. The summed E-state index contributed by atoms with van der Waals surface area (Å²) >= 11 is 0. The van der Waals surface area contributed by atoms with Gasteiger partial charge >= 0.3 is 24.3 Å². The summed E-state index contributed by atoms with van der Waals surface area (Å²) in [6, 6.07) is 4.60. The van der Waals surface area contributed by atoms with Crippen LogP contribution in [0.2, 0.25) is 0 Å². The van der Waals surface area contributed by atoms with Crippen molar-refractivity contribution in [3.8, 4) is 11.5 Å². The smallest absolute Gasteiger partial charge is 0.416 e. The summed E-state index contributed by atoms with van der Waals surface area (Å²) in [5, 5.41) is 10.7. The van der Waals surface area contributed by atoms with Gasteiger partial charge in [0.05, 0.1) is 35.3 Å². The third-order valence-electron chi connectivity index (χ3n) is 4.97. The summed E-state index contributed by atoms with van der Waals surface area (Å²) < 4.78 is 96.2. The topological polar surface area (TPSA) is 140 Å². The van der Waals surface area contributed by atoms with Gasteiger partial charge in [0.2, 0.25) is 0 Å². The Morgan fingerprint density at radius 2 is 1.12 bits per heavy atom. The molecule has 0 fully saturated rings. The van der Waals surface area contributed by atoms with Crippen LogP contribution >= 0.6 is 0 Å². The van der Waals surface area contributed by atoms with Crippen LogP contribution in [-0.2, 0) is 31.4 Å². The Kier molecular flexibility index (Phi) is 11.6. The number of hydrogen-bond donors (Lipinski definition) is 1. The first-order chi connectivity index (χ1) is 19.0. The molecule has 0 amide bonds. The van der Waals surface area contributed by atoms with Crippen molar-refractivity contribution in [2.24, 2.45) is 0 Å². The van der Waals surface area contributed by atoms with Gasteiger partial charge < -0.3 is 24.7 Å². The van der Waals surface area contributed by atoms with Crippen LogP contribution in [0, 0.1) is 10.1 Å². The molecule has 0 spiro atoms. The molecule has 0 aliphatic rings. The number of nitrogens with two attached hydrogens (primary N) is 1. The second-order valence-electron chi connectivity index (χ2n) is 9.42. The zero-order valence-corrected chi connectivity index (χ0v) is 23.4. The van der Waals surface area contributed by atoms with Crippen LogP contribution in [0.4, 0.5) is 37.7 Å². The average molecular weight is 613 g/mol. The maximum Gasteiger partial charge on any atom is 0.416 e. The van der Waals surface area contributed by atoms with Gasteiger partial charge in [-0.05, 0) is 59.7 Å². The third-order valence-corrected chi connectivity index (χ3v) is 4.97. The van der Waals surface area contributed by atoms with Crippen molar-refractivity contribution in [3.05, 3.63) is 57.6 Å². The van der Waals surface area contributed by atoms with Gasteiger partial charge in [-0.1, -0.05) is 0 Å². The molecule has 0 aliphatic carbocycles. The molecule has 2 N–H and O–H groups in total. The van der Waals surface area contributed by atoms with Crippen molar-refractivity contribution < 1.29 is 59.8 Å². The summed E-state index contributed by atoms with van der Waals surface area (Å²) in [6.45, 7) is 8.78. The number of carbonyl (C=O) groups is 2. The van der Waals surface area contributed by atoms with E-state index in [0.717, 1.165) is 18.2 Å². The van der Waals surface area contributed by atoms with E-state index in [4.69, 9.17) is 24.7 Å². The minimum Gasteiger partial charge on any atom is -0.476 e. The first kappa shape index (κ1) is 35.8. The highest BCUT2D eigenvalue weighted by Gasteiger charge is 2.37. The Hall–Kier alpha value is -4.24. The summed E-state index contributed by atoms with van der Waals surface area (Å²) in [4.78, 5) is 33.1. The van der Waals surface area contributed by atoms with E-state index in [1.54, 1.807) is 13.8 Å². The van der Waals surface area contributed by atoms with Crippen molar-refractivity contribution >= 4 is 23.3 Å². The van der Waals surface area contributed by atoms with Gasteiger partial charge in [0.15, 0.2) is 11.2 Å². The number of nitrogens with zero attached hydrogens (tertiary/aromatic N) is 1. The number of rotatable bonds is 9. The minimum atomic E-state index is -4.78. The molecule has 42 heavy (non-hydrogen) atoms. The van der Waals surface area contributed by atoms with Crippen molar-refractivity contribution in [1.29, 1.82) is 0 Å². The summed E-state index contributed by atoms with van der Waals surface area (Å²) in [5.74, 6) is -2.05. The van der Waals surface area contributed by atoms with E-state index >= 15 is 0 Å². The maximum atomic E-state index is 12.8. The summed E-state index contributed by atoms with van der Waals surface area (Å²) in [5.41, 5.74) is -0.653. The zero-order chi connectivity index (χ0) is 32.7. The van der Waals surface area contributed by atoms with Crippen LogP contribution in [-0.4, -0.2) is 41.3 Å². The molecule has 2 aromatic carbocycles. The highest BCUT2D eigenvalue weighted by molar-refractivity contribution is 5.79. The Labute approximate surface area is 236 Å². The number of nitro groups is 1. The monoisotopic (exact) mass is 612 g/mol. The maximum absolute atomic E-state index is 12.8. The molecule has 16 heteroatoms. The molecule has 0 saturated carbocycles. The molecule has 10 nitrogen and oxygen atoms in total. The van der Waals surface area contributed by atoms with Crippen LogP contribution in [0.25, 0.3) is 0 Å². The molecular formula is C26H30F6N2O8. The van der Waals surface area contributed by atoms with E-state index in [0.29, 0.717) is 12.1 Å². The molecule has 0 aromatic heterocycles. The first-order valence-electron chi connectivity index (χ1n) is 12.1. The van der Waals surface area contributed by atoms with E-state index in [1.807, 2.05) is 0 Å². The highest BCUT2D eigenvalue weighted by atomic mass is 19.4. The summed E-state index contributed by atoms with van der Waals surface area (Å²) in [6.07, 6.45) is -9.32. The van der Waals surface area contributed by atoms with Gasteiger partial charge in [-0.25, -0.2) is 9.59 Å². The van der Waals surface area contributed by atoms with Gasteiger partial charge in [0.1, 0.15) is 11.5 Å². The number of esters is 2. The lowest BCUT2D eigenvalue weighted by atomic mass is 10.1. The number of anilines is 1. The third kappa shape index (κ3) is 10.6. The van der Waals surface area contributed by atoms with Crippen molar-refractivity contribution in [2.75, 3.05) is 18.9 Å². The van der Waals surface area contributed by atoms with Crippen LogP contribution in [0.3, 0.4) is 0 Å². The van der Waals surface area contributed by atoms with Gasteiger partial charge in [0.25, 0.3) is 5.69 Å². The standard InChI is InChI=1S/C13H14F3NO5.C13H16F3NO3/c1-4-21-11(18)12(2,3)22-10-6-8(13(14,15)16)5-9(7-10)17(19)20;1-4-19-11(18)12(2,3)20-10-6-8(13(14,15)16)5-9(17)7-10/h5-7H,4H2,1-3H3;5-7H,4,17H2,1-3H3.